The molecule has 138 valence electrons. The highest BCUT2D eigenvalue weighted by atomic mass is 127. The third kappa shape index (κ3) is 6.18. The fourth-order valence-electron chi connectivity index (χ4n) is 2.56. The number of hydrogen-bond donors (Lipinski definition) is 1. The molecule has 0 aliphatic rings. The van der Waals surface area contributed by atoms with Gasteiger partial charge < -0.3 is 14.7 Å². The minimum absolute atomic E-state index is 0. The number of benzene rings is 1. The van der Waals surface area contributed by atoms with E-state index in [1.54, 1.807) is 0 Å². The van der Waals surface area contributed by atoms with Crippen molar-refractivity contribution in [3.8, 4) is 0 Å². The lowest BCUT2D eigenvalue weighted by Crippen LogP contribution is -2.38. The second-order valence-electron chi connectivity index (χ2n) is 5.74. The molecule has 0 aliphatic carbocycles. The Hall–Kier alpha value is -1.28. The summed E-state index contributed by atoms with van der Waals surface area (Å²) in [5.41, 5.74) is 3.17. The molecule has 0 bridgehead atoms. The summed E-state index contributed by atoms with van der Waals surface area (Å²) in [5, 5.41) is 8.09. The maximum absolute atomic E-state index is 6.25. The summed E-state index contributed by atoms with van der Waals surface area (Å²) in [6, 6.07) is 7.88. The van der Waals surface area contributed by atoms with Gasteiger partial charge in [-0.1, -0.05) is 35.0 Å². The van der Waals surface area contributed by atoms with E-state index in [0.717, 1.165) is 46.5 Å². The quantitative estimate of drug-likeness (QED) is 0.386. The summed E-state index contributed by atoms with van der Waals surface area (Å²) in [7, 11) is 2.01. The Kier molecular flexibility index (Phi) is 9.27. The van der Waals surface area contributed by atoms with Crippen LogP contribution in [0.4, 0.5) is 0 Å². The van der Waals surface area contributed by atoms with Crippen molar-refractivity contribution in [2.24, 2.45) is 4.99 Å². The zero-order valence-electron chi connectivity index (χ0n) is 15.2. The number of nitrogens with one attached hydrogen (secondary N) is 1. The van der Waals surface area contributed by atoms with Crippen LogP contribution >= 0.6 is 35.6 Å². The van der Waals surface area contributed by atoms with Crippen LogP contribution in [0.3, 0.4) is 0 Å². The zero-order chi connectivity index (χ0) is 17.5. The van der Waals surface area contributed by atoms with Crippen molar-refractivity contribution >= 4 is 41.5 Å². The summed E-state index contributed by atoms with van der Waals surface area (Å²) in [6.07, 6.45) is 0.815. The van der Waals surface area contributed by atoms with E-state index >= 15 is 0 Å². The topological polar surface area (TPSA) is 53.7 Å². The summed E-state index contributed by atoms with van der Waals surface area (Å²) >= 11 is 6.25. The van der Waals surface area contributed by atoms with Crippen molar-refractivity contribution in [1.82, 2.24) is 15.4 Å². The molecule has 0 amide bonds. The number of halogens is 2. The first-order valence-electron chi connectivity index (χ1n) is 8.17. The van der Waals surface area contributed by atoms with Crippen LogP contribution in [-0.2, 0) is 13.0 Å². The molecule has 25 heavy (non-hydrogen) atoms. The SMILES string of the molecule is CCNC(=NCCc1c(C)noc1C)N(C)Cc1ccccc1Cl.I. The number of nitrogens with zero attached hydrogens (tertiary/aromatic N) is 3. The molecule has 0 fully saturated rings. The van der Waals surface area contributed by atoms with Gasteiger partial charge in [0.15, 0.2) is 5.96 Å². The molecule has 2 rings (SSSR count). The first-order valence-corrected chi connectivity index (χ1v) is 8.55. The molecule has 0 saturated heterocycles. The lowest BCUT2D eigenvalue weighted by Gasteiger charge is -2.22. The van der Waals surface area contributed by atoms with E-state index in [9.17, 15) is 0 Å². The van der Waals surface area contributed by atoms with E-state index in [4.69, 9.17) is 21.1 Å². The average molecular weight is 477 g/mol. The van der Waals surface area contributed by atoms with Gasteiger partial charge in [-0.25, -0.2) is 0 Å². The molecule has 2 aromatic rings. The number of aromatic nitrogens is 1. The minimum Gasteiger partial charge on any atom is -0.361 e. The highest BCUT2D eigenvalue weighted by molar-refractivity contribution is 14.0. The van der Waals surface area contributed by atoms with Crippen molar-refractivity contribution in [2.75, 3.05) is 20.1 Å². The maximum atomic E-state index is 6.25. The monoisotopic (exact) mass is 476 g/mol. The van der Waals surface area contributed by atoms with Crippen LogP contribution in [0.5, 0.6) is 0 Å². The molecule has 0 saturated carbocycles. The van der Waals surface area contributed by atoms with E-state index in [-0.39, 0.29) is 24.0 Å². The number of guanidine groups is 1. The van der Waals surface area contributed by atoms with Gasteiger partial charge in [-0.2, -0.15) is 0 Å². The normalized spacial score (nSPS) is 11.2. The van der Waals surface area contributed by atoms with Gasteiger partial charge in [0.2, 0.25) is 0 Å². The highest BCUT2D eigenvalue weighted by Gasteiger charge is 2.10. The second kappa shape index (κ2) is 10.7. The molecule has 0 aliphatic heterocycles. The minimum atomic E-state index is 0. The predicted octanol–water partition coefficient (Wildman–Crippen LogP) is 4.20. The second-order valence-corrected chi connectivity index (χ2v) is 6.14. The number of rotatable bonds is 6. The van der Waals surface area contributed by atoms with E-state index in [2.05, 4.69) is 22.3 Å². The van der Waals surface area contributed by atoms with E-state index in [1.807, 2.05) is 45.2 Å². The Morgan fingerprint density at radius 1 is 1.32 bits per heavy atom. The standard InChI is InChI=1S/C18H25ClN4O.HI/c1-5-20-18(21-11-10-16-13(2)22-24-14(16)3)23(4)12-15-8-6-7-9-17(15)19;/h6-9H,5,10-12H2,1-4H3,(H,20,21);1H. The Bertz CT molecular complexity index is 683. The molecule has 5 nitrogen and oxygen atoms in total. The van der Waals surface area contributed by atoms with Gasteiger partial charge in [0.1, 0.15) is 5.76 Å². The van der Waals surface area contributed by atoms with Gasteiger partial charge >= 0.3 is 0 Å². The summed E-state index contributed by atoms with van der Waals surface area (Å²) in [6.45, 7) is 8.16. The molecule has 1 N–H and O–H groups in total. The lowest BCUT2D eigenvalue weighted by molar-refractivity contribution is 0.392. The Labute approximate surface area is 171 Å². The van der Waals surface area contributed by atoms with Gasteiger partial charge in [0, 0.05) is 37.3 Å². The third-order valence-corrected chi connectivity index (χ3v) is 4.24. The van der Waals surface area contributed by atoms with E-state index in [1.165, 1.54) is 0 Å². The molecule has 0 radical (unpaired) electrons. The van der Waals surface area contributed by atoms with Crippen molar-refractivity contribution in [3.63, 3.8) is 0 Å². The van der Waals surface area contributed by atoms with Gasteiger partial charge in [-0.3, -0.25) is 4.99 Å². The van der Waals surface area contributed by atoms with Crippen molar-refractivity contribution in [1.29, 1.82) is 0 Å². The lowest BCUT2D eigenvalue weighted by atomic mass is 10.1. The first kappa shape index (κ1) is 21.8. The van der Waals surface area contributed by atoms with Crippen LogP contribution in [0, 0.1) is 13.8 Å². The molecule has 1 aromatic carbocycles. The van der Waals surface area contributed by atoms with Crippen LogP contribution in [-0.4, -0.2) is 36.2 Å². The molecular weight excluding hydrogens is 451 g/mol. The third-order valence-electron chi connectivity index (χ3n) is 3.87. The smallest absolute Gasteiger partial charge is 0.193 e. The summed E-state index contributed by atoms with van der Waals surface area (Å²) in [4.78, 5) is 6.80. The largest absolute Gasteiger partial charge is 0.361 e. The number of hydrogen-bond acceptors (Lipinski definition) is 3. The summed E-state index contributed by atoms with van der Waals surface area (Å²) in [5.74, 6) is 1.74. The first-order chi connectivity index (χ1) is 11.5. The maximum Gasteiger partial charge on any atom is 0.193 e. The average Bonchev–Trinajstić information content (AvgIpc) is 2.88. The van der Waals surface area contributed by atoms with Crippen molar-refractivity contribution in [3.05, 3.63) is 51.9 Å². The van der Waals surface area contributed by atoms with Crippen LogP contribution in [0.2, 0.25) is 5.02 Å². The van der Waals surface area contributed by atoms with Crippen LogP contribution in [0.25, 0.3) is 0 Å². The van der Waals surface area contributed by atoms with Crippen LogP contribution in [0.15, 0.2) is 33.8 Å². The summed E-state index contributed by atoms with van der Waals surface area (Å²) < 4.78 is 5.20. The molecule has 1 heterocycles. The van der Waals surface area contributed by atoms with Gasteiger partial charge in [0.25, 0.3) is 0 Å². The van der Waals surface area contributed by atoms with E-state index < -0.39 is 0 Å². The molecule has 7 heteroatoms. The Balaban J connectivity index is 0.00000312. The van der Waals surface area contributed by atoms with Gasteiger partial charge in [-0.15, -0.1) is 24.0 Å². The molecule has 0 atom stereocenters. The van der Waals surface area contributed by atoms with Crippen LogP contribution in [0.1, 0.15) is 29.5 Å². The molecule has 1 aromatic heterocycles. The van der Waals surface area contributed by atoms with Crippen molar-refractivity contribution < 1.29 is 4.52 Å². The van der Waals surface area contributed by atoms with E-state index in [0.29, 0.717) is 13.1 Å². The zero-order valence-corrected chi connectivity index (χ0v) is 18.3. The highest BCUT2D eigenvalue weighted by Crippen LogP contribution is 2.16. The fourth-order valence-corrected chi connectivity index (χ4v) is 2.75. The fraction of sp³-hybridized carbons (Fsp3) is 0.444. The van der Waals surface area contributed by atoms with Crippen molar-refractivity contribution in [2.45, 2.75) is 33.7 Å². The van der Waals surface area contributed by atoms with Crippen LogP contribution < -0.4 is 5.32 Å². The Morgan fingerprint density at radius 2 is 2.04 bits per heavy atom. The number of aliphatic imine (C=N–C) groups is 1. The number of aryl methyl sites for hydroxylation is 2. The Morgan fingerprint density at radius 3 is 2.64 bits per heavy atom. The molecular formula is C18H26ClIN4O. The van der Waals surface area contributed by atoms with Gasteiger partial charge in [-0.05, 0) is 38.8 Å². The van der Waals surface area contributed by atoms with Gasteiger partial charge in [0.05, 0.1) is 5.69 Å². The predicted molar refractivity (Wildman–Crippen MR) is 114 cm³/mol. The molecule has 0 unspecified atom stereocenters. The molecule has 0 spiro atoms.